The molecule has 0 atom stereocenters. The number of hydrogen-bond donors (Lipinski definition) is 2. The lowest BCUT2D eigenvalue weighted by Gasteiger charge is -2.22. The van der Waals surface area contributed by atoms with E-state index in [0.717, 1.165) is 5.56 Å². The zero-order valence-electron chi connectivity index (χ0n) is 9.34. The third-order valence-electron chi connectivity index (χ3n) is 2.34. The number of aromatic hydroxyl groups is 1. The molecule has 0 aliphatic carbocycles. The van der Waals surface area contributed by atoms with Gasteiger partial charge < -0.3 is 10.2 Å². The molecule has 3 heteroatoms. The smallest absolute Gasteiger partial charge is 0.122 e. The molecule has 0 aliphatic heterocycles. The minimum absolute atomic E-state index is 0.0114. The van der Waals surface area contributed by atoms with Gasteiger partial charge in [-0.1, -0.05) is 32.4 Å². The van der Waals surface area contributed by atoms with Crippen LogP contribution in [0.2, 0.25) is 5.02 Å². The molecule has 84 valence electrons. The van der Waals surface area contributed by atoms with Crippen LogP contribution in [-0.4, -0.2) is 16.8 Å². The van der Waals surface area contributed by atoms with Crippen molar-refractivity contribution in [1.29, 1.82) is 0 Å². The minimum atomic E-state index is -0.154. The van der Waals surface area contributed by atoms with Gasteiger partial charge in [-0.05, 0) is 29.5 Å². The number of benzene rings is 1. The van der Waals surface area contributed by atoms with E-state index < -0.39 is 0 Å². The summed E-state index contributed by atoms with van der Waals surface area (Å²) in [6.07, 6.45) is 0.426. The molecule has 2 N–H and O–H groups in total. The van der Waals surface area contributed by atoms with Crippen molar-refractivity contribution in [2.75, 3.05) is 6.61 Å². The molecule has 1 aromatic carbocycles. The fourth-order valence-corrected chi connectivity index (χ4v) is 1.78. The summed E-state index contributed by atoms with van der Waals surface area (Å²) < 4.78 is 0. The molecule has 15 heavy (non-hydrogen) atoms. The summed E-state index contributed by atoms with van der Waals surface area (Å²) in [5, 5.41) is 19.5. The van der Waals surface area contributed by atoms with Gasteiger partial charge >= 0.3 is 0 Å². The van der Waals surface area contributed by atoms with E-state index in [9.17, 15) is 5.11 Å². The zero-order chi connectivity index (χ0) is 11.6. The highest BCUT2D eigenvalue weighted by Gasteiger charge is 2.20. The summed E-state index contributed by atoms with van der Waals surface area (Å²) in [5.74, 6) is 0.251. The van der Waals surface area contributed by atoms with E-state index in [2.05, 4.69) is 0 Å². The maximum absolute atomic E-state index is 10.0. The number of phenols is 1. The first kappa shape index (κ1) is 12.3. The van der Waals surface area contributed by atoms with Crippen molar-refractivity contribution in [2.24, 2.45) is 0 Å². The Balaban J connectivity index is 3.28. The average Bonchev–Trinajstić information content (AvgIpc) is 2.09. The molecule has 0 aromatic heterocycles. The lowest BCUT2D eigenvalue weighted by molar-refractivity contribution is 0.297. The van der Waals surface area contributed by atoms with Crippen LogP contribution in [-0.2, 0) is 11.8 Å². The molecule has 0 amide bonds. The molecule has 0 fully saturated rings. The Hall–Kier alpha value is -0.730. The molecular formula is C12H17ClO2. The van der Waals surface area contributed by atoms with Crippen molar-refractivity contribution in [3.8, 4) is 5.75 Å². The molecule has 0 unspecified atom stereocenters. The fraction of sp³-hybridized carbons (Fsp3) is 0.500. The van der Waals surface area contributed by atoms with E-state index in [-0.39, 0.29) is 17.8 Å². The van der Waals surface area contributed by atoms with Gasteiger partial charge in [-0.3, -0.25) is 0 Å². The highest BCUT2D eigenvalue weighted by atomic mass is 35.5. The molecule has 1 rings (SSSR count). The Bertz CT molecular complexity index is 353. The zero-order valence-corrected chi connectivity index (χ0v) is 10.1. The molecule has 0 spiro atoms. The topological polar surface area (TPSA) is 40.5 Å². The molecule has 2 nitrogen and oxygen atoms in total. The number of halogens is 1. The Morgan fingerprint density at radius 3 is 2.33 bits per heavy atom. The van der Waals surface area contributed by atoms with Crippen molar-refractivity contribution in [3.63, 3.8) is 0 Å². The Morgan fingerprint density at radius 2 is 1.87 bits per heavy atom. The first-order chi connectivity index (χ1) is 6.86. The second-order valence-electron chi connectivity index (χ2n) is 4.68. The molecular weight excluding hydrogens is 212 g/mol. The molecule has 0 radical (unpaired) electrons. The number of phenolic OH excluding ortho intramolecular Hbond substituents is 1. The fourth-order valence-electron chi connectivity index (χ4n) is 1.54. The van der Waals surface area contributed by atoms with Crippen LogP contribution in [0, 0.1) is 0 Å². The summed E-state index contributed by atoms with van der Waals surface area (Å²) >= 11 is 5.97. The average molecular weight is 229 g/mol. The third-order valence-corrected chi connectivity index (χ3v) is 2.56. The lowest BCUT2D eigenvalue weighted by atomic mass is 9.85. The van der Waals surface area contributed by atoms with Gasteiger partial charge in [0.25, 0.3) is 0 Å². The monoisotopic (exact) mass is 228 g/mol. The highest BCUT2D eigenvalue weighted by Crippen LogP contribution is 2.35. The van der Waals surface area contributed by atoms with Crippen LogP contribution in [0.4, 0.5) is 0 Å². The highest BCUT2D eigenvalue weighted by molar-refractivity contribution is 6.30. The number of aliphatic hydroxyl groups excluding tert-OH is 1. The van der Waals surface area contributed by atoms with Crippen molar-refractivity contribution in [2.45, 2.75) is 32.6 Å². The number of aliphatic hydroxyl groups is 1. The summed E-state index contributed by atoms with van der Waals surface area (Å²) in [6.45, 7) is 6.06. The van der Waals surface area contributed by atoms with Crippen molar-refractivity contribution in [1.82, 2.24) is 0 Å². The first-order valence-corrected chi connectivity index (χ1v) is 5.37. The van der Waals surface area contributed by atoms with Crippen LogP contribution in [0.25, 0.3) is 0 Å². The largest absolute Gasteiger partial charge is 0.507 e. The van der Waals surface area contributed by atoms with E-state index in [1.54, 1.807) is 12.1 Å². The van der Waals surface area contributed by atoms with Gasteiger partial charge in [-0.15, -0.1) is 0 Å². The molecule has 0 aliphatic rings. The second-order valence-corrected chi connectivity index (χ2v) is 5.12. The quantitative estimate of drug-likeness (QED) is 0.817. The third kappa shape index (κ3) is 2.86. The van der Waals surface area contributed by atoms with Gasteiger partial charge in [0, 0.05) is 17.2 Å². The molecule has 0 bridgehead atoms. The van der Waals surface area contributed by atoms with Crippen LogP contribution in [0.5, 0.6) is 5.75 Å². The van der Waals surface area contributed by atoms with Gasteiger partial charge in [-0.25, -0.2) is 0 Å². The summed E-state index contributed by atoms with van der Waals surface area (Å²) in [4.78, 5) is 0. The van der Waals surface area contributed by atoms with Crippen LogP contribution < -0.4 is 0 Å². The van der Waals surface area contributed by atoms with Crippen molar-refractivity contribution in [3.05, 3.63) is 28.3 Å². The predicted molar refractivity (Wildman–Crippen MR) is 62.6 cm³/mol. The Labute approximate surface area is 95.5 Å². The van der Waals surface area contributed by atoms with Gasteiger partial charge in [0.2, 0.25) is 0 Å². The summed E-state index contributed by atoms with van der Waals surface area (Å²) in [7, 11) is 0. The Morgan fingerprint density at radius 1 is 1.27 bits per heavy atom. The van der Waals surface area contributed by atoms with E-state index in [0.29, 0.717) is 17.0 Å². The van der Waals surface area contributed by atoms with E-state index in [4.69, 9.17) is 16.7 Å². The lowest BCUT2D eigenvalue weighted by Crippen LogP contribution is -2.12. The maximum atomic E-state index is 10.0. The van der Waals surface area contributed by atoms with Crippen LogP contribution in [0.1, 0.15) is 31.9 Å². The molecule has 1 aromatic rings. The van der Waals surface area contributed by atoms with E-state index in [1.165, 1.54) is 0 Å². The first-order valence-electron chi connectivity index (χ1n) is 4.99. The SMILES string of the molecule is CC(C)(C)c1cc(Cl)cc(CCO)c1O. The summed E-state index contributed by atoms with van der Waals surface area (Å²) in [6, 6.07) is 3.47. The predicted octanol–water partition coefficient (Wildman–Crippen LogP) is 2.88. The van der Waals surface area contributed by atoms with Crippen LogP contribution in [0.15, 0.2) is 12.1 Å². The van der Waals surface area contributed by atoms with Crippen molar-refractivity contribution < 1.29 is 10.2 Å². The Kier molecular flexibility index (Phi) is 3.63. The van der Waals surface area contributed by atoms with E-state index >= 15 is 0 Å². The molecule has 0 heterocycles. The number of hydrogen-bond acceptors (Lipinski definition) is 2. The summed E-state index contributed by atoms with van der Waals surface area (Å²) in [5.41, 5.74) is 1.37. The van der Waals surface area contributed by atoms with Crippen LogP contribution >= 0.6 is 11.6 Å². The van der Waals surface area contributed by atoms with Gasteiger partial charge in [0.05, 0.1) is 0 Å². The second kappa shape index (κ2) is 4.42. The molecule has 0 saturated carbocycles. The number of rotatable bonds is 2. The van der Waals surface area contributed by atoms with Crippen molar-refractivity contribution >= 4 is 11.6 Å². The van der Waals surface area contributed by atoms with Gasteiger partial charge in [0.1, 0.15) is 5.75 Å². The maximum Gasteiger partial charge on any atom is 0.122 e. The molecule has 0 saturated heterocycles. The van der Waals surface area contributed by atoms with E-state index in [1.807, 2.05) is 20.8 Å². The van der Waals surface area contributed by atoms with Crippen LogP contribution in [0.3, 0.4) is 0 Å². The van der Waals surface area contributed by atoms with Gasteiger partial charge in [-0.2, -0.15) is 0 Å². The minimum Gasteiger partial charge on any atom is -0.507 e. The van der Waals surface area contributed by atoms with Gasteiger partial charge in [0.15, 0.2) is 0 Å². The normalized spacial score (nSPS) is 11.8. The standard InChI is InChI=1S/C12H17ClO2/c1-12(2,3)10-7-9(13)6-8(4-5-14)11(10)15/h6-7,14-15H,4-5H2,1-3H3.